The number of ether oxygens (including phenoxy) is 1. The largest absolute Gasteiger partial charge is 0.480 e. The maximum Gasteiger partial charge on any atom is 0.323 e. The van der Waals surface area contributed by atoms with E-state index in [9.17, 15) is 39.9 Å². The molecule has 1 aromatic carbocycles. The number of fused-ring (bicyclic) bond motifs is 1. The molecule has 1 aliphatic heterocycles. The summed E-state index contributed by atoms with van der Waals surface area (Å²) in [5, 5.41) is 37.4. The summed E-state index contributed by atoms with van der Waals surface area (Å²) in [6.45, 7) is -0.947. The monoisotopic (exact) mass is 620 g/mol. The first-order chi connectivity index (χ1) is 20.5. The van der Waals surface area contributed by atoms with Gasteiger partial charge in [0.05, 0.1) is 16.8 Å². The van der Waals surface area contributed by atoms with Gasteiger partial charge in [-0.2, -0.15) is 10.5 Å². The van der Waals surface area contributed by atoms with Crippen LogP contribution in [0.25, 0.3) is 11.6 Å². The Kier molecular flexibility index (Phi) is 7.51. The van der Waals surface area contributed by atoms with Crippen molar-refractivity contribution < 1.29 is 24.2 Å². The molecule has 0 fully saturated rings. The second-order valence-corrected chi connectivity index (χ2v) is 11.2. The van der Waals surface area contributed by atoms with Gasteiger partial charge in [0.25, 0.3) is 16.7 Å². The summed E-state index contributed by atoms with van der Waals surface area (Å²) in [5.41, 5.74) is -1.83. The van der Waals surface area contributed by atoms with Crippen molar-refractivity contribution in [3.8, 4) is 17.9 Å². The number of aliphatic hydroxyl groups excluding tert-OH is 1. The third-order valence-electron chi connectivity index (χ3n) is 6.52. The van der Waals surface area contributed by atoms with Crippen LogP contribution in [0, 0.1) is 41.9 Å². The minimum Gasteiger partial charge on any atom is -0.480 e. The Morgan fingerprint density at radius 1 is 1.00 bits per heavy atom. The van der Waals surface area contributed by atoms with E-state index in [1.165, 1.54) is 24.7 Å². The van der Waals surface area contributed by atoms with Crippen LogP contribution in [-0.4, -0.2) is 36.9 Å². The van der Waals surface area contributed by atoms with Crippen LogP contribution in [0.15, 0.2) is 49.0 Å². The lowest BCUT2D eigenvalue weighted by molar-refractivity contribution is -0.137. The standard InChI is InChI=1S/C27H20N6O8S2/c1-30-15-8-13(12-34)4-5-16(15)40-18(30)7-6-17-22(37)32(3)27(42-17)21-24(39)33(11-19(35)36)26(43-21)20-23(38)31(2)25(41-20)14(9-28)10-29/h4-8,34H,11-12H2,1-3H3,(H,35,36)/b17-6?,18-7-,26-20+,27-21+. The average Bonchev–Trinajstić information content (AvgIpc) is 3.66. The highest BCUT2D eigenvalue weighted by Crippen LogP contribution is 2.38. The van der Waals surface area contributed by atoms with E-state index in [0.29, 0.717) is 17.2 Å². The molecule has 5 rings (SSSR count). The lowest BCUT2D eigenvalue weighted by Gasteiger charge is -2.10. The Morgan fingerprint density at radius 3 is 2.37 bits per heavy atom. The van der Waals surface area contributed by atoms with E-state index in [-0.39, 0.29) is 30.5 Å². The average molecular weight is 621 g/mol. The number of anilines is 1. The Labute approximate surface area is 247 Å². The van der Waals surface area contributed by atoms with Crippen LogP contribution in [0.3, 0.4) is 0 Å². The zero-order valence-corrected chi connectivity index (χ0v) is 24.3. The number of hydrogen-bond donors (Lipinski definition) is 2. The van der Waals surface area contributed by atoms with Gasteiger partial charge in [-0.25, -0.2) is 0 Å². The maximum atomic E-state index is 13.5. The molecule has 0 atom stereocenters. The van der Waals surface area contributed by atoms with Crippen LogP contribution < -0.4 is 36.4 Å². The number of benzene rings is 1. The van der Waals surface area contributed by atoms with Gasteiger partial charge in [-0.05, 0) is 23.8 Å². The van der Waals surface area contributed by atoms with Crippen LogP contribution in [0.2, 0.25) is 0 Å². The second kappa shape index (κ2) is 11.1. The fourth-order valence-corrected chi connectivity index (χ4v) is 6.61. The van der Waals surface area contributed by atoms with Crippen molar-refractivity contribution in [1.82, 2.24) is 13.7 Å². The van der Waals surface area contributed by atoms with E-state index < -0.39 is 40.2 Å². The van der Waals surface area contributed by atoms with Crippen molar-refractivity contribution >= 4 is 46.0 Å². The van der Waals surface area contributed by atoms with Gasteiger partial charge < -0.3 is 28.8 Å². The minimum absolute atomic E-state index is 0.0175. The molecule has 1 aliphatic rings. The number of nitriles is 2. The second-order valence-electron chi connectivity index (χ2n) is 9.15. The summed E-state index contributed by atoms with van der Waals surface area (Å²) in [5.74, 6) is -0.378. The van der Waals surface area contributed by atoms with Crippen LogP contribution in [0.5, 0.6) is 5.75 Å². The molecule has 43 heavy (non-hydrogen) atoms. The lowest BCUT2D eigenvalue weighted by atomic mass is 10.2. The molecule has 218 valence electrons. The number of nitrogens with zero attached hydrogens (tertiary/aromatic N) is 6. The van der Waals surface area contributed by atoms with E-state index in [1.807, 2.05) is 0 Å². The number of aliphatic hydroxyl groups is 1. The van der Waals surface area contributed by atoms with Gasteiger partial charge in [0, 0.05) is 27.2 Å². The van der Waals surface area contributed by atoms with Crippen LogP contribution >= 0.6 is 22.7 Å². The smallest absolute Gasteiger partial charge is 0.323 e. The van der Waals surface area contributed by atoms with Gasteiger partial charge in [0.1, 0.15) is 32.5 Å². The molecule has 2 N–H and O–H groups in total. The number of allylic oxidation sites excluding steroid dienone is 1. The summed E-state index contributed by atoms with van der Waals surface area (Å²) in [6.07, 6.45) is 3.12. The van der Waals surface area contributed by atoms with Crippen molar-refractivity contribution in [1.29, 1.82) is 10.5 Å². The summed E-state index contributed by atoms with van der Waals surface area (Å²) in [7, 11) is 4.48. The van der Waals surface area contributed by atoms with Gasteiger partial charge in [0.15, 0.2) is 17.2 Å². The lowest BCUT2D eigenvalue weighted by Crippen LogP contribution is -2.25. The number of aromatic nitrogens is 3. The number of hydrogen-bond acceptors (Lipinski definition) is 12. The minimum atomic E-state index is -1.37. The summed E-state index contributed by atoms with van der Waals surface area (Å²) in [4.78, 5) is 53.0. The molecule has 4 aromatic rings. The van der Waals surface area contributed by atoms with E-state index >= 15 is 0 Å². The Balaban J connectivity index is 1.79. The highest BCUT2D eigenvalue weighted by molar-refractivity contribution is 7.11. The highest BCUT2D eigenvalue weighted by Gasteiger charge is 2.23. The number of oxazole rings is 1. The van der Waals surface area contributed by atoms with E-state index in [2.05, 4.69) is 0 Å². The zero-order valence-electron chi connectivity index (χ0n) is 22.6. The van der Waals surface area contributed by atoms with Crippen molar-refractivity contribution in [2.24, 2.45) is 14.1 Å². The number of thiazole rings is 2. The fourth-order valence-electron chi connectivity index (χ4n) is 4.30. The van der Waals surface area contributed by atoms with Crippen molar-refractivity contribution in [2.75, 3.05) is 11.9 Å². The maximum absolute atomic E-state index is 13.5. The molecule has 0 spiro atoms. The predicted molar refractivity (Wildman–Crippen MR) is 153 cm³/mol. The number of carbonyl (C=O) groups is 1. The topological polar surface area (TPSA) is 197 Å². The Hall–Kier alpha value is -5.42. The molecule has 16 heteroatoms. The van der Waals surface area contributed by atoms with Crippen LogP contribution in [0.4, 0.5) is 5.69 Å². The summed E-state index contributed by atoms with van der Waals surface area (Å²) < 4.78 is 14.6. The van der Waals surface area contributed by atoms with E-state index in [0.717, 1.165) is 37.5 Å². The molecule has 0 amide bonds. The Morgan fingerprint density at radius 2 is 1.72 bits per heavy atom. The third-order valence-corrected chi connectivity index (χ3v) is 9.02. The molecule has 14 nitrogen and oxygen atoms in total. The molecule has 0 aliphatic carbocycles. The van der Waals surface area contributed by atoms with Crippen molar-refractivity contribution in [3.63, 3.8) is 0 Å². The van der Waals surface area contributed by atoms with E-state index in [1.54, 1.807) is 48.4 Å². The van der Waals surface area contributed by atoms with Gasteiger partial charge in [0.2, 0.25) is 11.0 Å². The molecular weight excluding hydrogens is 600 g/mol. The molecule has 0 unspecified atom stereocenters. The third kappa shape index (κ3) is 4.89. The van der Waals surface area contributed by atoms with E-state index in [4.69, 9.17) is 9.15 Å². The number of aliphatic carboxylic acids is 1. The normalized spacial score (nSPS) is 15.3. The Bertz CT molecular complexity index is 2450. The highest BCUT2D eigenvalue weighted by atomic mass is 32.1. The number of carboxylic acids is 1. The van der Waals surface area contributed by atoms with Gasteiger partial charge in [-0.1, -0.05) is 6.07 Å². The first kappa shape index (κ1) is 29.1. The first-order valence-electron chi connectivity index (χ1n) is 12.2. The van der Waals surface area contributed by atoms with Gasteiger partial charge >= 0.3 is 5.97 Å². The van der Waals surface area contributed by atoms with Crippen molar-refractivity contribution in [2.45, 2.75) is 13.2 Å². The SMILES string of the molecule is CN1/C(=C/C=c2s/c(=c3/s/c(=c4/oc(=C(C#N)C#N)n(C)c4=O)n(CC(=O)O)c3=O)n(C)c2=O)Oc2ccc(CO)cc21. The summed E-state index contributed by atoms with van der Waals surface area (Å²) >= 11 is 1.72. The first-order valence-corrected chi connectivity index (χ1v) is 13.9. The molecular formula is C27H20N6O8S2. The predicted octanol–water partition coefficient (Wildman–Crippen LogP) is -0.539. The molecule has 3 aromatic heterocycles. The number of carboxylic acid groups (broad SMARTS) is 1. The number of rotatable bonds is 4. The van der Waals surface area contributed by atoms with Crippen LogP contribution in [0.1, 0.15) is 5.56 Å². The van der Waals surface area contributed by atoms with Gasteiger partial charge in [-0.15, -0.1) is 22.7 Å². The van der Waals surface area contributed by atoms with Crippen molar-refractivity contribution in [3.05, 3.63) is 96.1 Å². The summed E-state index contributed by atoms with van der Waals surface area (Å²) in [6, 6.07) is 8.50. The van der Waals surface area contributed by atoms with Crippen LogP contribution in [-0.2, 0) is 32.0 Å². The zero-order chi connectivity index (χ0) is 31.2. The molecule has 4 heterocycles. The van der Waals surface area contributed by atoms with Gasteiger partial charge in [-0.3, -0.25) is 28.3 Å². The molecule has 0 radical (unpaired) electrons. The molecule has 0 saturated carbocycles. The molecule has 0 saturated heterocycles. The quantitative estimate of drug-likeness (QED) is 0.297. The fraction of sp³-hybridized carbons (Fsp3) is 0.185. The molecule has 0 bridgehead atoms.